The maximum Gasteiger partial charge on any atom is 0.338 e. The lowest BCUT2D eigenvalue weighted by molar-refractivity contribution is 0.0525. The summed E-state index contributed by atoms with van der Waals surface area (Å²) >= 11 is 0. The van der Waals surface area contributed by atoms with Gasteiger partial charge in [0.25, 0.3) is 0 Å². The van der Waals surface area contributed by atoms with E-state index >= 15 is 0 Å². The largest absolute Gasteiger partial charge is 0.462 e. The summed E-state index contributed by atoms with van der Waals surface area (Å²) in [6, 6.07) is 3.87. The zero-order chi connectivity index (χ0) is 14.4. The summed E-state index contributed by atoms with van der Waals surface area (Å²) in [4.78, 5) is 34.4. The van der Waals surface area contributed by atoms with Gasteiger partial charge in [0.15, 0.2) is 0 Å². The van der Waals surface area contributed by atoms with Gasteiger partial charge in [-0.1, -0.05) is 0 Å². The number of nitrogens with two attached hydrogens (primary N) is 1. The summed E-state index contributed by atoms with van der Waals surface area (Å²) in [6.07, 6.45) is 0. The Morgan fingerprint density at radius 3 is 1.58 bits per heavy atom. The predicted octanol–water partition coefficient (Wildman–Crippen LogP) is 1.14. The van der Waals surface area contributed by atoms with E-state index in [2.05, 4.69) is 0 Å². The van der Waals surface area contributed by atoms with Crippen molar-refractivity contribution < 1.29 is 23.9 Å². The Morgan fingerprint density at radius 2 is 1.26 bits per heavy atom. The molecule has 0 aromatic heterocycles. The molecule has 0 heterocycles. The number of benzene rings is 1. The first-order chi connectivity index (χ1) is 8.99. The molecule has 0 aliphatic rings. The number of hydrogen-bond donors (Lipinski definition) is 1. The van der Waals surface area contributed by atoms with E-state index in [0.717, 1.165) is 0 Å². The Hall–Kier alpha value is -2.37. The van der Waals surface area contributed by atoms with Crippen LogP contribution in [0.4, 0.5) is 0 Å². The van der Waals surface area contributed by atoms with Crippen molar-refractivity contribution in [2.24, 2.45) is 5.73 Å². The average molecular weight is 265 g/mol. The van der Waals surface area contributed by atoms with Crippen molar-refractivity contribution in [2.75, 3.05) is 13.2 Å². The molecule has 6 nitrogen and oxygen atoms in total. The van der Waals surface area contributed by atoms with Gasteiger partial charge < -0.3 is 15.2 Å². The Bertz CT molecular complexity index is 474. The molecule has 102 valence electrons. The van der Waals surface area contributed by atoms with Crippen molar-refractivity contribution in [1.82, 2.24) is 0 Å². The molecule has 0 aliphatic heterocycles. The van der Waals surface area contributed by atoms with Gasteiger partial charge in [-0.3, -0.25) is 4.79 Å². The molecule has 1 aromatic rings. The van der Waals surface area contributed by atoms with Crippen molar-refractivity contribution in [2.45, 2.75) is 13.8 Å². The Labute approximate surface area is 110 Å². The third kappa shape index (κ3) is 3.80. The molecule has 19 heavy (non-hydrogen) atoms. The topological polar surface area (TPSA) is 95.7 Å². The van der Waals surface area contributed by atoms with Gasteiger partial charge in [-0.25, -0.2) is 9.59 Å². The lowest BCUT2D eigenvalue weighted by atomic mass is 10.1. The van der Waals surface area contributed by atoms with E-state index in [4.69, 9.17) is 15.2 Å². The summed E-state index contributed by atoms with van der Waals surface area (Å²) in [5.41, 5.74) is 5.38. The molecule has 0 spiro atoms. The van der Waals surface area contributed by atoms with Crippen LogP contribution in [0.2, 0.25) is 0 Å². The molecular weight excluding hydrogens is 250 g/mol. The van der Waals surface area contributed by atoms with Crippen LogP contribution >= 0.6 is 0 Å². The van der Waals surface area contributed by atoms with Crippen LogP contribution in [0.1, 0.15) is 44.9 Å². The minimum atomic E-state index is -0.739. The number of ether oxygens (including phenoxy) is 2. The molecule has 0 aliphatic carbocycles. The van der Waals surface area contributed by atoms with E-state index in [9.17, 15) is 14.4 Å². The van der Waals surface area contributed by atoms with Gasteiger partial charge in [-0.15, -0.1) is 0 Å². The number of esters is 2. The van der Waals surface area contributed by atoms with Gasteiger partial charge in [0.2, 0.25) is 5.91 Å². The second-order valence-electron chi connectivity index (χ2n) is 3.60. The molecule has 0 saturated heterocycles. The van der Waals surface area contributed by atoms with Crippen molar-refractivity contribution in [1.29, 1.82) is 0 Å². The Balaban J connectivity index is 3.21. The summed E-state index contributed by atoms with van der Waals surface area (Å²) in [5, 5.41) is 0. The highest BCUT2D eigenvalue weighted by Gasteiger charge is 2.16. The van der Waals surface area contributed by atoms with Crippen molar-refractivity contribution >= 4 is 17.8 Å². The van der Waals surface area contributed by atoms with E-state index < -0.39 is 17.8 Å². The van der Waals surface area contributed by atoms with E-state index in [1.807, 2.05) is 0 Å². The summed E-state index contributed by atoms with van der Waals surface area (Å²) in [7, 11) is 0. The van der Waals surface area contributed by atoms with E-state index in [0.29, 0.717) is 0 Å². The van der Waals surface area contributed by atoms with Crippen molar-refractivity contribution in [3.8, 4) is 0 Å². The fourth-order valence-electron chi connectivity index (χ4n) is 1.43. The van der Waals surface area contributed by atoms with Gasteiger partial charge in [-0.05, 0) is 32.0 Å². The molecule has 1 rings (SSSR count). The van der Waals surface area contributed by atoms with Gasteiger partial charge in [0, 0.05) is 5.56 Å². The molecule has 1 amide bonds. The average Bonchev–Trinajstić information content (AvgIpc) is 2.38. The molecule has 1 aromatic carbocycles. The maximum absolute atomic E-state index is 11.6. The second-order valence-corrected chi connectivity index (χ2v) is 3.60. The molecule has 0 unspecified atom stereocenters. The second kappa shape index (κ2) is 6.53. The van der Waals surface area contributed by atoms with E-state index in [1.165, 1.54) is 18.2 Å². The molecule has 0 radical (unpaired) electrons. The van der Waals surface area contributed by atoms with Crippen LogP contribution in [-0.4, -0.2) is 31.1 Å². The van der Waals surface area contributed by atoms with Crippen LogP contribution in [0.25, 0.3) is 0 Å². The maximum atomic E-state index is 11.6. The van der Waals surface area contributed by atoms with Crippen molar-refractivity contribution in [3.63, 3.8) is 0 Å². The molecule has 0 bridgehead atoms. The highest BCUT2D eigenvalue weighted by molar-refractivity contribution is 6.01. The van der Waals surface area contributed by atoms with Crippen LogP contribution in [0.3, 0.4) is 0 Å². The lowest BCUT2D eigenvalue weighted by Crippen LogP contribution is -2.16. The normalized spacial score (nSPS) is 9.79. The number of primary amides is 1. The number of carbonyl (C=O) groups excluding carboxylic acids is 3. The highest BCUT2D eigenvalue weighted by atomic mass is 16.5. The summed E-state index contributed by atoms with van der Waals surface area (Å²) < 4.78 is 9.63. The van der Waals surface area contributed by atoms with Gasteiger partial charge >= 0.3 is 11.9 Å². The van der Waals surface area contributed by atoms with Crippen molar-refractivity contribution in [3.05, 3.63) is 34.9 Å². The lowest BCUT2D eigenvalue weighted by Gasteiger charge is -2.07. The zero-order valence-electron chi connectivity index (χ0n) is 10.8. The fourth-order valence-corrected chi connectivity index (χ4v) is 1.43. The minimum Gasteiger partial charge on any atom is -0.462 e. The molecule has 6 heteroatoms. The SMILES string of the molecule is CCOC(=O)c1cc(C(N)=O)cc(C(=O)OCC)c1. The Morgan fingerprint density at radius 1 is 0.895 bits per heavy atom. The standard InChI is InChI=1S/C13H15NO5/c1-3-18-12(16)9-5-8(11(14)15)6-10(7-9)13(17)19-4-2/h5-7H,3-4H2,1-2H3,(H2,14,15). The fraction of sp³-hybridized carbons (Fsp3) is 0.308. The van der Waals surface area contributed by atoms with Gasteiger partial charge in [-0.2, -0.15) is 0 Å². The van der Waals surface area contributed by atoms with E-state index in [-0.39, 0.29) is 29.9 Å². The molecular formula is C13H15NO5. The number of amides is 1. The first kappa shape index (κ1) is 14.7. The molecule has 0 fully saturated rings. The Kier molecular flexibility index (Phi) is 5.05. The monoisotopic (exact) mass is 265 g/mol. The van der Waals surface area contributed by atoms with Crippen LogP contribution in [0.5, 0.6) is 0 Å². The quantitative estimate of drug-likeness (QED) is 0.805. The number of hydrogen-bond acceptors (Lipinski definition) is 5. The minimum absolute atomic E-state index is 0.0496. The molecule has 2 N–H and O–H groups in total. The van der Waals surface area contributed by atoms with Crippen LogP contribution < -0.4 is 5.73 Å². The zero-order valence-corrected chi connectivity index (χ0v) is 10.8. The predicted molar refractivity (Wildman–Crippen MR) is 66.9 cm³/mol. The third-order valence-electron chi connectivity index (χ3n) is 2.24. The highest BCUT2D eigenvalue weighted by Crippen LogP contribution is 2.13. The number of carbonyl (C=O) groups is 3. The van der Waals surface area contributed by atoms with Crippen LogP contribution in [-0.2, 0) is 9.47 Å². The molecule has 0 atom stereocenters. The van der Waals surface area contributed by atoms with Gasteiger partial charge in [0.05, 0.1) is 24.3 Å². The third-order valence-corrected chi connectivity index (χ3v) is 2.24. The van der Waals surface area contributed by atoms with E-state index in [1.54, 1.807) is 13.8 Å². The first-order valence-electron chi connectivity index (χ1n) is 5.78. The smallest absolute Gasteiger partial charge is 0.338 e. The first-order valence-corrected chi connectivity index (χ1v) is 5.78. The van der Waals surface area contributed by atoms with Crippen LogP contribution in [0.15, 0.2) is 18.2 Å². The summed E-state index contributed by atoms with van der Waals surface area (Å²) in [6.45, 7) is 3.69. The number of rotatable bonds is 5. The van der Waals surface area contributed by atoms with Gasteiger partial charge in [0.1, 0.15) is 0 Å². The van der Waals surface area contributed by atoms with Crippen LogP contribution in [0, 0.1) is 0 Å². The summed E-state index contributed by atoms with van der Waals surface area (Å²) in [5.74, 6) is -2.00. The molecule has 0 saturated carbocycles.